The molecular formula is C9H10N2OS. The van der Waals surface area contributed by atoms with Gasteiger partial charge in [-0.25, -0.2) is 0 Å². The van der Waals surface area contributed by atoms with Crippen molar-refractivity contribution < 1.29 is 4.74 Å². The molecule has 0 unspecified atom stereocenters. The third-order valence-corrected chi connectivity index (χ3v) is 2.85. The Morgan fingerprint density at radius 2 is 2.46 bits per heavy atom. The third-order valence-electron chi connectivity index (χ3n) is 2.05. The Bertz CT molecular complexity index is 349. The summed E-state index contributed by atoms with van der Waals surface area (Å²) >= 11 is 1.48. The van der Waals surface area contributed by atoms with Gasteiger partial charge in [-0.2, -0.15) is 5.26 Å². The molecule has 68 valence electrons. The van der Waals surface area contributed by atoms with Crippen LogP contribution in [0, 0.1) is 11.3 Å². The number of hydrogen-bond acceptors (Lipinski definition) is 4. The number of nitrogens with zero attached hydrogens (tertiary/aromatic N) is 1. The maximum absolute atomic E-state index is 8.61. The van der Waals surface area contributed by atoms with Gasteiger partial charge in [-0.05, 0) is 6.92 Å². The summed E-state index contributed by atoms with van der Waals surface area (Å²) in [5, 5.41) is 14.4. The van der Waals surface area contributed by atoms with Crippen LogP contribution in [0.15, 0.2) is 11.4 Å². The molecule has 0 bridgehead atoms. The first kappa shape index (κ1) is 8.54. The topological polar surface area (TPSA) is 45.0 Å². The van der Waals surface area contributed by atoms with Crippen molar-refractivity contribution in [1.82, 2.24) is 5.32 Å². The fourth-order valence-electron chi connectivity index (χ4n) is 1.22. The van der Waals surface area contributed by atoms with E-state index in [-0.39, 0.29) is 5.60 Å². The molecule has 1 aliphatic rings. The zero-order valence-corrected chi connectivity index (χ0v) is 8.15. The van der Waals surface area contributed by atoms with Crippen molar-refractivity contribution in [2.45, 2.75) is 12.5 Å². The molecule has 1 N–H and O–H groups in total. The second-order valence-electron chi connectivity index (χ2n) is 3.42. The van der Waals surface area contributed by atoms with Gasteiger partial charge in [0.25, 0.3) is 0 Å². The number of hydrogen-bond donors (Lipinski definition) is 1. The maximum Gasteiger partial charge on any atom is 0.176 e. The van der Waals surface area contributed by atoms with Crippen molar-refractivity contribution in [2.75, 3.05) is 13.1 Å². The predicted molar refractivity (Wildman–Crippen MR) is 50.9 cm³/mol. The van der Waals surface area contributed by atoms with Gasteiger partial charge in [-0.15, -0.1) is 11.3 Å². The van der Waals surface area contributed by atoms with Gasteiger partial charge in [0.1, 0.15) is 11.7 Å². The lowest BCUT2D eigenvalue weighted by Gasteiger charge is -2.38. The summed E-state index contributed by atoms with van der Waals surface area (Å²) < 4.78 is 5.73. The molecule has 1 fully saturated rings. The second-order valence-corrected chi connectivity index (χ2v) is 4.30. The van der Waals surface area contributed by atoms with Gasteiger partial charge in [0.15, 0.2) is 5.06 Å². The van der Waals surface area contributed by atoms with E-state index >= 15 is 0 Å². The lowest BCUT2D eigenvalue weighted by atomic mass is 10.0. The Balaban J connectivity index is 2.06. The maximum atomic E-state index is 8.61. The van der Waals surface area contributed by atoms with Gasteiger partial charge in [0.05, 0.1) is 5.56 Å². The number of ether oxygens (including phenoxy) is 1. The monoisotopic (exact) mass is 194 g/mol. The van der Waals surface area contributed by atoms with E-state index in [1.165, 1.54) is 11.3 Å². The first-order valence-electron chi connectivity index (χ1n) is 4.10. The largest absolute Gasteiger partial charge is 0.475 e. The smallest absolute Gasteiger partial charge is 0.176 e. The minimum absolute atomic E-state index is 0.0718. The summed E-state index contributed by atoms with van der Waals surface area (Å²) in [6.07, 6.45) is 0. The van der Waals surface area contributed by atoms with Crippen LogP contribution in [-0.4, -0.2) is 18.7 Å². The fraction of sp³-hybridized carbons (Fsp3) is 0.444. The van der Waals surface area contributed by atoms with Gasteiger partial charge >= 0.3 is 0 Å². The number of rotatable bonds is 2. The Morgan fingerprint density at radius 3 is 2.92 bits per heavy atom. The molecule has 0 saturated carbocycles. The summed E-state index contributed by atoms with van der Waals surface area (Å²) in [5.41, 5.74) is 0.605. The molecule has 1 aliphatic heterocycles. The van der Waals surface area contributed by atoms with Gasteiger partial charge in [-0.1, -0.05) is 0 Å². The Morgan fingerprint density at radius 1 is 1.69 bits per heavy atom. The standard InChI is InChI=1S/C9H10N2OS/c1-9(5-11-6-9)12-8-2-7(3-10)4-13-8/h2,4,11H,5-6H2,1H3. The van der Waals surface area contributed by atoms with Crippen LogP contribution in [0.25, 0.3) is 0 Å². The van der Waals surface area contributed by atoms with E-state index in [0.717, 1.165) is 18.2 Å². The van der Waals surface area contributed by atoms with Crippen molar-refractivity contribution >= 4 is 11.3 Å². The number of nitrogens with one attached hydrogen (secondary N) is 1. The zero-order valence-electron chi connectivity index (χ0n) is 7.33. The minimum atomic E-state index is -0.0718. The molecule has 0 amide bonds. The van der Waals surface area contributed by atoms with Crippen LogP contribution in [0.2, 0.25) is 0 Å². The van der Waals surface area contributed by atoms with Crippen LogP contribution >= 0.6 is 11.3 Å². The summed E-state index contributed by atoms with van der Waals surface area (Å²) in [6.45, 7) is 3.83. The summed E-state index contributed by atoms with van der Waals surface area (Å²) in [4.78, 5) is 0. The second kappa shape index (κ2) is 3.02. The van der Waals surface area contributed by atoms with E-state index in [0.29, 0.717) is 5.56 Å². The molecule has 1 saturated heterocycles. The third kappa shape index (κ3) is 1.67. The van der Waals surface area contributed by atoms with Gasteiger partial charge in [0, 0.05) is 24.5 Å². The van der Waals surface area contributed by atoms with Crippen molar-refractivity contribution in [3.05, 3.63) is 17.0 Å². The van der Waals surface area contributed by atoms with E-state index in [1.807, 2.05) is 5.38 Å². The molecule has 0 aliphatic carbocycles. The quantitative estimate of drug-likeness (QED) is 0.773. The van der Waals surface area contributed by atoms with Crippen molar-refractivity contribution in [2.24, 2.45) is 0 Å². The van der Waals surface area contributed by atoms with Crippen molar-refractivity contribution in [3.63, 3.8) is 0 Å². The van der Waals surface area contributed by atoms with Crippen LogP contribution in [0.4, 0.5) is 0 Å². The molecule has 0 spiro atoms. The lowest BCUT2D eigenvalue weighted by Crippen LogP contribution is -2.60. The first-order valence-corrected chi connectivity index (χ1v) is 4.98. The van der Waals surface area contributed by atoms with Crippen molar-refractivity contribution in [3.8, 4) is 11.1 Å². The summed E-state index contributed by atoms with van der Waals surface area (Å²) in [5.74, 6) is 0. The van der Waals surface area contributed by atoms with Crippen LogP contribution in [0.3, 0.4) is 0 Å². The van der Waals surface area contributed by atoms with E-state index in [2.05, 4.69) is 18.3 Å². The molecule has 0 radical (unpaired) electrons. The zero-order chi connectivity index (χ0) is 9.31. The predicted octanol–water partition coefficient (Wildman–Crippen LogP) is 1.36. The first-order chi connectivity index (χ1) is 6.22. The normalized spacial score (nSPS) is 18.8. The molecule has 0 atom stereocenters. The lowest BCUT2D eigenvalue weighted by molar-refractivity contribution is 0.0386. The Hall–Kier alpha value is -1.05. The molecule has 2 rings (SSSR count). The number of thiophene rings is 1. The van der Waals surface area contributed by atoms with Crippen LogP contribution in [0.5, 0.6) is 5.06 Å². The highest BCUT2D eigenvalue weighted by molar-refractivity contribution is 7.12. The van der Waals surface area contributed by atoms with E-state index in [9.17, 15) is 0 Å². The molecule has 1 aromatic rings. The Kier molecular flexibility index (Phi) is 1.98. The molecular weight excluding hydrogens is 184 g/mol. The average molecular weight is 194 g/mol. The van der Waals surface area contributed by atoms with Crippen LogP contribution in [0.1, 0.15) is 12.5 Å². The summed E-state index contributed by atoms with van der Waals surface area (Å²) in [6, 6.07) is 3.87. The average Bonchev–Trinajstić information content (AvgIpc) is 2.49. The highest BCUT2D eigenvalue weighted by atomic mass is 32.1. The molecule has 3 nitrogen and oxygen atoms in total. The van der Waals surface area contributed by atoms with Crippen molar-refractivity contribution in [1.29, 1.82) is 5.26 Å². The SMILES string of the molecule is CC1(Oc2cc(C#N)cs2)CNC1. The van der Waals surface area contributed by atoms with Crippen LogP contribution in [-0.2, 0) is 0 Å². The fourth-order valence-corrected chi connectivity index (χ4v) is 2.03. The molecule has 0 aromatic carbocycles. The molecule has 13 heavy (non-hydrogen) atoms. The highest BCUT2D eigenvalue weighted by Gasteiger charge is 2.34. The number of nitriles is 1. The van der Waals surface area contributed by atoms with Gasteiger partial charge in [0.2, 0.25) is 0 Å². The van der Waals surface area contributed by atoms with Gasteiger partial charge in [-0.3, -0.25) is 0 Å². The molecule has 4 heteroatoms. The van der Waals surface area contributed by atoms with E-state index in [4.69, 9.17) is 10.00 Å². The Labute approximate surface area is 80.9 Å². The van der Waals surface area contributed by atoms with E-state index < -0.39 is 0 Å². The molecule has 2 heterocycles. The van der Waals surface area contributed by atoms with Crippen LogP contribution < -0.4 is 10.1 Å². The highest BCUT2D eigenvalue weighted by Crippen LogP contribution is 2.28. The molecule has 1 aromatic heterocycles. The minimum Gasteiger partial charge on any atom is -0.475 e. The van der Waals surface area contributed by atoms with Gasteiger partial charge < -0.3 is 10.1 Å². The van der Waals surface area contributed by atoms with E-state index in [1.54, 1.807) is 6.07 Å². The summed E-state index contributed by atoms with van der Waals surface area (Å²) in [7, 11) is 0.